The van der Waals surface area contributed by atoms with Crippen LogP contribution >= 0.6 is 11.3 Å². The summed E-state index contributed by atoms with van der Waals surface area (Å²) in [6.45, 7) is 5.93. The molecule has 108 valence electrons. The number of aromatic nitrogens is 1. The van der Waals surface area contributed by atoms with Gasteiger partial charge in [-0.15, -0.1) is 11.3 Å². The van der Waals surface area contributed by atoms with Crippen molar-refractivity contribution in [1.29, 1.82) is 0 Å². The van der Waals surface area contributed by atoms with Crippen molar-refractivity contribution in [3.05, 3.63) is 51.7 Å². The van der Waals surface area contributed by atoms with Crippen LogP contribution < -0.4 is 5.32 Å². The molecule has 0 amide bonds. The zero-order chi connectivity index (χ0) is 14.4. The first-order valence-corrected chi connectivity index (χ1v) is 7.92. The van der Waals surface area contributed by atoms with Crippen LogP contribution in [0.25, 0.3) is 0 Å². The molecule has 2 rings (SSSR count). The Hall–Kier alpha value is -1.26. The average molecular weight is 292 g/mol. The molecular weight excluding hydrogens is 271 g/mol. The van der Waals surface area contributed by atoms with E-state index >= 15 is 0 Å². The van der Waals surface area contributed by atoms with Crippen molar-refractivity contribution >= 4 is 11.3 Å². The molecule has 0 radical (unpaired) electrons. The Bertz CT molecular complexity index is 539. The Morgan fingerprint density at radius 1 is 1.30 bits per heavy atom. The maximum atomic E-state index is 13.8. The lowest BCUT2D eigenvalue weighted by molar-refractivity contribution is 0.466. The van der Waals surface area contributed by atoms with E-state index in [1.807, 2.05) is 19.1 Å². The van der Waals surface area contributed by atoms with E-state index < -0.39 is 0 Å². The molecule has 1 aromatic heterocycles. The van der Waals surface area contributed by atoms with E-state index in [4.69, 9.17) is 0 Å². The SMILES string of the molecule is CCNCC(Cc1nc(C)cs1)Cc1ccccc1F. The number of nitrogens with zero attached hydrogens (tertiary/aromatic N) is 1. The van der Waals surface area contributed by atoms with Gasteiger partial charge in [-0.1, -0.05) is 25.1 Å². The Labute approximate surface area is 124 Å². The number of benzene rings is 1. The second-order valence-corrected chi connectivity index (χ2v) is 6.00. The first-order chi connectivity index (χ1) is 9.69. The van der Waals surface area contributed by atoms with Crippen molar-refractivity contribution in [2.75, 3.05) is 13.1 Å². The number of hydrogen-bond acceptors (Lipinski definition) is 3. The lowest BCUT2D eigenvalue weighted by Gasteiger charge is -2.16. The molecule has 0 aliphatic carbocycles. The standard InChI is InChI=1S/C16H21FN2S/c1-3-18-10-13(9-16-19-12(2)11-20-16)8-14-6-4-5-7-15(14)17/h4-7,11,13,18H,3,8-10H2,1-2H3. The van der Waals surface area contributed by atoms with Crippen molar-refractivity contribution in [3.8, 4) is 0 Å². The minimum atomic E-state index is -0.107. The van der Waals surface area contributed by atoms with Crippen LogP contribution in [0.4, 0.5) is 4.39 Å². The highest BCUT2D eigenvalue weighted by Gasteiger charge is 2.14. The molecule has 0 bridgehead atoms. The third-order valence-corrected chi connectivity index (χ3v) is 4.27. The van der Waals surface area contributed by atoms with Gasteiger partial charge >= 0.3 is 0 Å². The van der Waals surface area contributed by atoms with Crippen LogP contribution in [0.5, 0.6) is 0 Å². The summed E-state index contributed by atoms with van der Waals surface area (Å²) in [5, 5.41) is 6.58. The van der Waals surface area contributed by atoms with Gasteiger partial charge in [0.25, 0.3) is 0 Å². The fourth-order valence-corrected chi connectivity index (χ4v) is 3.17. The molecule has 4 heteroatoms. The number of aryl methyl sites for hydroxylation is 1. The predicted octanol–water partition coefficient (Wildman–Crippen LogP) is 3.60. The van der Waals surface area contributed by atoms with Gasteiger partial charge in [0.1, 0.15) is 5.82 Å². The van der Waals surface area contributed by atoms with Gasteiger partial charge in [0.2, 0.25) is 0 Å². The summed E-state index contributed by atoms with van der Waals surface area (Å²) >= 11 is 1.69. The first-order valence-electron chi connectivity index (χ1n) is 7.04. The van der Waals surface area contributed by atoms with E-state index in [1.54, 1.807) is 17.4 Å². The molecule has 0 aliphatic heterocycles. The van der Waals surface area contributed by atoms with Crippen molar-refractivity contribution in [1.82, 2.24) is 10.3 Å². The molecule has 2 nitrogen and oxygen atoms in total. The fraction of sp³-hybridized carbons (Fsp3) is 0.438. The summed E-state index contributed by atoms with van der Waals surface area (Å²) in [6.07, 6.45) is 1.65. The first kappa shape index (κ1) is 15.1. The maximum absolute atomic E-state index is 13.8. The van der Waals surface area contributed by atoms with Crippen LogP contribution in [-0.2, 0) is 12.8 Å². The third-order valence-electron chi connectivity index (χ3n) is 3.28. The van der Waals surface area contributed by atoms with E-state index in [2.05, 4.69) is 22.6 Å². The molecule has 0 saturated heterocycles. The Morgan fingerprint density at radius 3 is 2.75 bits per heavy atom. The van der Waals surface area contributed by atoms with Crippen LogP contribution in [0.15, 0.2) is 29.6 Å². The van der Waals surface area contributed by atoms with Crippen LogP contribution in [-0.4, -0.2) is 18.1 Å². The summed E-state index contributed by atoms with van der Waals surface area (Å²) < 4.78 is 13.8. The van der Waals surface area contributed by atoms with Gasteiger partial charge in [-0.05, 0) is 44.0 Å². The molecule has 0 spiro atoms. The van der Waals surface area contributed by atoms with Crippen LogP contribution in [0.1, 0.15) is 23.2 Å². The third kappa shape index (κ3) is 4.39. The summed E-state index contributed by atoms with van der Waals surface area (Å²) in [5.74, 6) is 0.265. The highest BCUT2D eigenvalue weighted by molar-refractivity contribution is 7.09. The molecular formula is C16H21FN2S. The van der Waals surface area contributed by atoms with Gasteiger partial charge in [0.05, 0.1) is 5.01 Å². The maximum Gasteiger partial charge on any atom is 0.126 e. The molecule has 1 unspecified atom stereocenters. The smallest absolute Gasteiger partial charge is 0.126 e. The minimum absolute atomic E-state index is 0.107. The van der Waals surface area contributed by atoms with E-state index in [0.717, 1.165) is 42.2 Å². The molecule has 0 aliphatic rings. The van der Waals surface area contributed by atoms with Gasteiger partial charge in [0, 0.05) is 17.5 Å². The van der Waals surface area contributed by atoms with Crippen molar-refractivity contribution in [3.63, 3.8) is 0 Å². The number of rotatable bonds is 7. The van der Waals surface area contributed by atoms with E-state index in [9.17, 15) is 4.39 Å². The zero-order valence-electron chi connectivity index (χ0n) is 12.0. The normalized spacial score (nSPS) is 12.6. The largest absolute Gasteiger partial charge is 0.317 e. The average Bonchev–Trinajstić information content (AvgIpc) is 2.84. The fourth-order valence-electron chi connectivity index (χ4n) is 2.28. The summed E-state index contributed by atoms with van der Waals surface area (Å²) in [7, 11) is 0. The number of thiazole rings is 1. The molecule has 0 saturated carbocycles. The molecule has 1 atom stereocenters. The van der Waals surface area contributed by atoms with E-state index in [-0.39, 0.29) is 5.82 Å². The minimum Gasteiger partial charge on any atom is -0.317 e. The van der Waals surface area contributed by atoms with E-state index in [1.165, 1.54) is 6.07 Å². The van der Waals surface area contributed by atoms with Crippen molar-refractivity contribution in [2.24, 2.45) is 5.92 Å². The quantitative estimate of drug-likeness (QED) is 0.843. The second-order valence-electron chi connectivity index (χ2n) is 5.06. The highest BCUT2D eigenvalue weighted by Crippen LogP contribution is 2.19. The molecule has 1 heterocycles. The lowest BCUT2D eigenvalue weighted by Crippen LogP contribution is -2.26. The van der Waals surface area contributed by atoms with Crippen LogP contribution in [0.2, 0.25) is 0 Å². The number of halogens is 1. The van der Waals surface area contributed by atoms with Gasteiger partial charge in [-0.3, -0.25) is 0 Å². The summed E-state index contributed by atoms with van der Waals surface area (Å²) in [5.41, 5.74) is 1.86. The molecule has 1 N–H and O–H groups in total. The monoisotopic (exact) mass is 292 g/mol. The summed E-state index contributed by atoms with van der Waals surface area (Å²) in [6, 6.07) is 7.05. The Kier molecular flexibility index (Phi) is 5.68. The van der Waals surface area contributed by atoms with Gasteiger partial charge in [-0.2, -0.15) is 0 Å². The topological polar surface area (TPSA) is 24.9 Å². The van der Waals surface area contributed by atoms with Gasteiger partial charge < -0.3 is 5.32 Å². The van der Waals surface area contributed by atoms with Gasteiger partial charge in [-0.25, -0.2) is 9.37 Å². The predicted molar refractivity (Wildman–Crippen MR) is 82.7 cm³/mol. The number of hydrogen-bond donors (Lipinski definition) is 1. The summed E-state index contributed by atoms with van der Waals surface area (Å²) in [4.78, 5) is 4.52. The van der Waals surface area contributed by atoms with Crippen molar-refractivity contribution < 1.29 is 4.39 Å². The lowest BCUT2D eigenvalue weighted by atomic mass is 9.96. The Morgan fingerprint density at radius 2 is 2.10 bits per heavy atom. The molecule has 20 heavy (non-hydrogen) atoms. The zero-order valence-corrected chi connectivity index (χ0v) is 12.8. The second kappa shape index (κ2) is 7.50. The van der Waals surface area contributed by atoms with Crippen LogP contribution in [0, 0.1) is 18.7 Å². The van der Waals surface area contributed by atoms with Gasteiger partial charge in [0.15, 0.2) is 0 Å². The highest BCUT2D eigenvalue weighted by atomic mass is 32.1. The molecule has 1 aromatic carbocycles. The Balaban J connectivity index is 2.05. The van der Waals surface area contributed by atoms with E-state index in [0.29, 0.717) is 5.92 Å². The van der Waals surface area contributed by atoms with Crippen molar-refractivity contribution in [2.45, 2.75) is 26.7 Å². The molecule has 0 fully saturated rings. The molecule has 2 aromatic rings. The van der Waals surface area contributed by atoms with Crippen LogP contribution in [0.3, 0.4) is 0 Å². The number of nitrogens with one attached hydrogen (secondary N) is 1.